The molecule has 2 aliphatic rings. The molecular weight excluding hydrogens is 520 g/mol. The third-order valence-electron chi connectivity index (χ3n) is 6.02. The van der Waals surface area contributed by atoms with E-state index in [-0.39, 0.29) is 43.4 Å². The fourth-order valence-electron chi connectivity index (χ4n) is 4.21. The van der Waals surface area contributed by atoms with Gasteiger partial charge >= 0.3 is 0 Å². The summed E-state index contributed by atoms with van der Waals surface area (Å²) in [4.78, 5) is 41.5. The number of piperidine rings is 1. The molecule has 2 aromatic carbocycles. The summed E-state index contributed by atoms with van der Waals surface area (Å²) in [6.07, 6.45) is 4.08. The predicted molar refractivity (Wildman–Crippen MR) is 136 cm³/mol. The van der Waals surface area contributed by atoms with E-state index in [1.165, 1.54) is 12.1 Å². The number of carbonyl (C=O) groups is 3. The van der Waals surface area contributed by atoms with E-state index < -0.39 is 11.8 Å². The highest BCUT2D eigenvalue weighted by Crippen LogP contribution is 2.38. The maximum absolute atomic E-state index is 13.0. The third kappa shape index (κ3) is 4.65. The Morgan fingerprint density at radius 3 is 2.32 bits per heavy atom. The van der Waals surface area contributed by atoms with E-state index in [0.717, 1.165) is 37.1 Å². The van der Waals surface area contributed by atoms with Crippen LogP contribution in [0.3, 0.4) is 0 Å². The van der Waals surface area contributed by atoms with Crippen molar-refractivity contribution in [3.63, 3.8) is 0 Å². The number of hydrogen-bond acceptors (Lipinski definition) is 4. The first-order valence-electron chi connectivity index (χ1n) is 10.8. The van der Waals surface area contributed by atoms with Crippen LogP contribution in [-0.2, 0) is 9.59 Å². The number of benzene rings is 2. The van der Waals surface area contributed by atoms with Crippen LogP contribution in [-0.4, -0.2) is 35.2 Å². The summed E-state index contributed by atoms with van der Waals surface area (Å²) in [5.74, 6) is -1.44. The molecule has 1 fully saturated rings. The summed E-state index contributed by atoms with van der Waals surface area (Å²) in [5.41, 5.74) is 1.03. The van der Waals surface area contributed by atoms with Gasteiger partial charge in [0.15, 0.2) is 0 Å². The van der Waals surface area contributed by atoms with Crippen molar-refractivity contribution in [2.45, 2.75) is 38.6 Å². The summed E-state index contributed by atoms with van der Waals surface area (Å²) in [6.45, 7) is 2.85. The van der Waals surface area contributed by atoms with E-state index in [1.807, 2.05) is 4.90 Å². The van der Waals surface area contributed by atoms with Crippen molar-refractivity contribution >= 4 is 75.5 Å². The molecule has 0 aliphatic carbocycles. The number of hydrogen-bond donors (Lipinski definition) is 1. The van der Waals surface area contributed by atoms with Crippen molar-refractivity contribution in [2.75, 3.05) is 16.8 Å². The maximum atomic E-state index is 13.0. The van der Waals surface area contributed by atoms with Crippen LogP contribution in [0.15, 0.2) is 47.1 Å². The van der Waals surface area contributed by atoms with Crippen LogP contribution in [0.1, 0.15) is 43.0 Å². The molecule has 3 amide bonds. The van der Waals surface area contributed by atoms with Gasteiger partial charge in [0, 0.05) is 23.8 Å². The molecule has 1 saturated heterocycles. The molecule has 6 nitrogen and oxygen atoms in total. The number of carbonyl (C=O) groups excluding carboxylic acids is 3. The Hall–Kier alpha value is -2.25. The number of rotatable bonds is 5. The molecule has 0 spiro atoms. The summed E-state index contributed by atoms with van der Waals surface area (Å²) in [6, 6.07) is 9.65. The zero-order valence-corrected chi connectivity index (χ0v) is 21.2. The third-order valence-corrected chi connectivity index (χ3v) is 7.39. The minimum Gasteiger partial charge on any atom is -0.350 e. The van der Waals surface area contributed by atoms with Crippen LogP contribution in [0.5, 0.6) is 0 Å². The lowest BCUT2D eigenvalue weighted by molar-refractivity contribution is -0.120. The van der Waals surface area contributed by atoms with Crippen LogP contribution in [0.25, 0.3) is 0 Å². The second-order valence-corrected chi connectivity index (χ2v) is 9.71. The fraction of sp³-hybridized carbons (Fsp3) is 0.292. The number of nitrogens with zero attached hydrogens (tertiary/aromatic N) is 2. The minimum atomic E-state index is -0.739. The molecule has 0 saturated carbocycles. The molecule has 0 aromatic heterocycles. The van der Waals surface area contributed by atoms with E-state index in [9.17, 15) is 14.4 Å². The molecule has 1 N–H and O–H groups in total. The van der Waals surface area contributed by atoms with Gasteiger partial charge in [0.25, 0.3) is 17.7 Å². The van der Waals surface area contributed by atoms with Crippen molar-refractivity contribution in [3.8, 4) is 0 Å². The number of likely N-dealkylation sites (tertiary alicyclic amines) is 1. The molecular formula is C24H21Cl4N3O3. The number of amides is 3. The standard InChI is InChI=1S/C24H21Cl4N3O3/c1-2-15-5-3-4-10-30(15)22(32)13-6-8-14(9-7-13)29-21-20(28)23(33)31(24(21)34)19-12-17(26)16(25)11-18(19)27/h6-9,11-12,15,29H,2-5,10H2,1H3. The Morgan fingerprint density at radius 2 is 1.65 bits per heavy atom. The molecule has 10 heteroatoms. The lowest BCUT2D eigenvalue weighted by Gasteiger charge is -2.35. The minimum absolute atomic E-state index is 0.0112. The Morgan fingerprint density at radius 1 is 0.971 bits per heavy atom. The molecule has 34 heavy (non-hydrogen) atoms. The summed E-state index contributed by atoms with van der Waals surface area (Å²) in [5, 5.41) is 3.01. The number of halogens is 4. The Balaban J connectivity index is 1.53. The van der Waals surface area contributed by atoms with Gasteiger partial charge < -0.3 is 10.2 Å². The van der Waals surface area contributed by atoms with Crippen molar-refractivity contribution in [1.29, 1.82) is 0 Å². The van der Waals surface area contributed by atoms with Gasteiger partial charge in [0.1, 0.15) is 10.7 Å². The quantitative estimate of drug-likeness (QED) is 0.347. The van der Waals surface area contributed by atoms with Crippen LogP contribution >= 0.6 is 46.4 Å². The summed E-state index contributed by atoms with van der Waals surface area (Å²) in [7, 11) is 0. The molecule has 2 heterocycles. The maximum Gasteiger partial charge on any atom is 0.283 e. The van der Waals surface area contributed by atoms with Gasteiger partial charge in [-0.15, -0.1) is 0 Å². The molecule has 0 bridgehead atoms. The average molecular weight is 541 g/mol. The highest BCUT2D eigenvalue weighted by molar-refractivity contribution is 6.54. The SMILES string of the molecule is CCC1CCCCN1C(=O)c1ccc(NC2=C(Cl)C(=O)N(c3cc(Cl)c(Cl)cc3Cl)C2=O)cc1. The van der Waals surface area contributed by atoms with Crippen LogP contribution < -0.4 is 10.2 Å². The summed E-state index contributed by atoms with van der Waals surface area (Å²) < 4.78 is 0. The van der Waals surface area contributed by atoms with Crippen molar-refractivity contribution in [3.05, 3.63) is 67.8 Å². The van der Waals surface area contributed by atoms with E-state index in [0.29, 0.717) is 11.3 Å². The van der Waals surface area contributed by atoms with Gasteiger partial charge in [-0.2, -0.15) is 0 Å². The normalized spacial score (nSPS) is 18.7. The largest absolute Gasteiger partial charge is 0.350 e. The van der Waals surface area contributed by atoms with Crippen LogP contribution in [0.2, 0.25) is 15.1 Å². The second-order valence-electron chi connectivity index (χ2n) is 8.11. The lowest BCUT2D eigenvalue weighted by atomic mass is 9.99. The first-order chi connectivity index (χ1) is 16.2. The number of imide groups is 1. The van der Waals surface area contributed by atoms with Crippen LogP contribution in [0, 0.1) is 0 Å². The summed E-state index contributed by atoms with van der Waals surface area (Å²) >= 11 is 24.4. The van der Waals surface area contributed by atoms with E-state index in [2.05, 4.69) is 12.2 Å². The van der Waals surface area contributed by atoms with Crippen molar-refractivity contribution < 1.29 is 14.4 Å². The highest BCUT2D eigenvalue weighted by Gasteiger charge is 2.40. The first kappa shape index (κ1) is 24.9. The van der Waals surface area contributed by atoms with Gasteiger partial charge in [-0.1, -0.05) is 53.3 Å². The molecule has 0 radical (unpaired) electrons. The monoisotopic (exact) mass is 539 g/mol. The van der Waals surface area contributed by atoms with Crippen LogP contribution in [0.4, 0.5) is 11.4 Å². The average Bonchev–Trinajstić information content (AvgIpc) is 3.04. The van der Waals surface area contributed by atoms with Gasteiger partial charge in [-0.05, 0) is 62.1 Å². The smallest absolute Gasteiger partial charge is 0.283 e. The highest BCUT2D eigenvalue weighted by atomic mass is 35.5. The molecule has 178 valence electrons. The van der Waals surface area contributed by atoms with Gasteiger partial charge in [0.2, 0.25) is 0 Å². The number of anilines is 2. The molecule has 2 aromatic rings. The Kier molecular flexibility index (Phi) is 7.43. The number of nitrogens with one attached hydrogen (secondary N) is 1. The fourth-order valence-corrected chi connectivity index (χ4v) is 5.05. The van der Waals surface area contributed by atoms with E-state index >= 15 is 0 Å². The van der Waals surface area contributed by atoms with Gasteiger partial charge in [0.05, 0.1) is 20.8 Å². The zero-order chi connectivity index (χ0) is 24.6. The molecule has 1 atom stereocenters. The van der Waals surface area contributed by atoms with Gasteiger partial charge in [-0.3, -0.25) is 14.4 Å². The Bertz CT molecular complexity index is 1200. The van der Waals surface area contributed by atoms with E-state index in [4.69, 9.17) is 46.4 Å². The van der Waals surface area contributed by atoms with Crippen molar-refractivity contribution in [1.82, 2.24) is 4.90 Å². The Labute approximate surface area is 217 Å². The molecule has 4 rings (SSSR count). The second kappa shape index (κ2) is 10.2. The molecule has 1 unspecified atom stereocenters. The lowest BCUT2D eigenvalue weighted by Crippen LogP contribution is -2.43. The zero-order valence-electron chi connectivity index (χ0n) is 18.2. The molecule has 2 aliphatic heterocycles. The first-order valence-corrected chi connectivity index (χ1v) is 12.3. The van der Waals surface area contributed by atoms with Gasteiger partial charge in [-0.25, -0.2) is 4.90 Å². The van der Waals surface area contributed by atoms with Crippen molar-refractivity contribution in [2.24, 2.45) is 0 Å². The predicted octanol–water partition coefficient (Wildman–Crippen LogP) is 6.49. The van der Waals surface area contributed by atoms with E-state index in [1.54, 1.807) is 24.3 Å². The topological polar surface area (TPSA) is 69.7 Å².